The fourth-order valence-corrected chi connectivity index (χ4v) is 2.94. The maximum absolute atomic E-state index is 12.3. The monoisotopic (exact) mass is 372 g/mol. The first kappa shape index (κ1) is 20.1. The van der Waals surface area contributed by atoms with E-state index in [1.54, 1.807) is 17.9 Å². The normalized spacial score (nSPS) is 16.3. The molecule has 1 aliphatic rings. The van der Waals surface area contributed by atoms with Crippen molar-refractivity contribution >= 4 is 17.5 Å². The third-order valence-electron chi connectivity index (χ3n) is 4.32. The Morgan fingerprint density at radius 2 is 2.08 bits per heavy atom. The number of hydrogen-bond acceptors (Lipinski definition) is 3. The third kappa shape index (κ3) is 5.64. The molecule has 5 nitrogen and oxygen atoms in total. The van der Waals surface area contributed by atoms with E-state index in [0.717, 1.165) is 12.8 Å². The highest BCUT2D eigenvalue weighted by atomic mass is 19.4. The number of likely N-dealkylation sites (tertiary alicyclic amines) is 1. The Kier molecular flexibility index (Phi) is 6.50. The van der Waals surface area contributed by atoms with E-state index in [1.165, 1.54) is 12.1 Å². The van der Waals surface area contributed by atoms with Gasteiger partial charge < -0.3 is 15.0 Å². The molecule has 2 amide bonds. The number of ether oxygens (including phenoxy) is 1. The third-order valence-corrected chi connectivity index (χ3v) is 4.32. The lowest BCUT2D eigenvalue weighted by molar-refractivity contribution is -0.153. The van der Waals surface area contributed by atoms with E-state index in [2.05, 4.69) is 5.32 Å². The predicted molar refractivity (Wildman–Crippen MR) is 91.0 cm³/mol. The molecule has 0 bridgehead atoms. The van der Waals surface area contributed by atoms with Crippen LogP contribution in [0.3, 0.4) is 0 Å². The van der Waals surface area contributed by atoms with E-state index < -0.39 is 12.8 Å². The number of nitrogens with one attached hydrogen (secondary N) is 1. The highest BCUT2D eigenvalue weighted by molar-refractivity contribution is 5.92. The maximum Gasteiger partial charge on any atom is 0.422 e. The molecule has 0 aliphatic carbocycles. The van der Waals surface area contributed by atoms with Crippen LogP contribution in [0.4, 0.5) is 18.9 Å². The number of rotatable bonds is 6. The van der Waals surface area contributed by atoms with Crippen LogP contribution in [-0.2, 0) is 9.59 Å². The molecule has 1 unspecified atom stereocenters. The summed E-state index contributed by atoms with van der Waals surface area (Å²) < 4.78 is 41.7. The molecule has 1 saturated heterocycles. The van der Waals surface area contributed by atoms with E-state index >= 15 is 0 Å². The number of carbonyl (C=O) groups excluding carboxylic acids is 2. The Hall–Kier alpha value is -2.25. The number of alkyl halides is 3. The highest BCUT2D eigenvalue weighted by Gasteiger charge is 2.29. The Labute approximate surface area is 150 Å². The predicted octanol–water partition coefficient (Wildman–Crippen LogP) is 3.67. The van der Waals surface area contributed by atoms with Crippen molar-refractivity contribution in [2.75, 3.05) is 18.5 Å². The number of benzene rings is 1. The van der Waals surface area contributed by atoms with Gasteiger partial charge in [-0.3, -0.25) is 9.59 Å². The van der Waals surface area contributed by atoms with Crippen LogP contribution in [0.25, 0.3) is 0 Å². The fourth-order valence-electron chi connectivity index (χ4n) is 2.94. The number of halogens is 3. The fraction of sp³-hybridized carbons (Fsp3) is 0.556. The lowest BCUT2D eigenvalue weighted by Gasteiger charge is -2.32. The summed E-state index contributed by atoms with van der Waals surface area (Å²) in [6.45, 7) is 2.66. The summed E-state index contributed by atoms with van der Waals surface area (Å²) >= 11 is 0. The number of nitrogens with zero attached hydrogens (tertiary/aromatic N) is 1. The first-order valence-corrected chi connectivity index (χ1v) is 8.56. The van der Waals surface area contributed by atoms with Crippen LogP contribution < -0.4 is 10.1 Å². The van der Waals surface area contributed by atoms with E-state index in [1.807, 2.05) is 6.92 Å². The second kappa shape index (κ2) is 8.42. The molecule has 1 aliphatic heterocycles. The second-order valence-corrected chi connectivity index (χ2v) is 6.48. The number of amides is 2. The van der Waals surface area contributed by atoms with Crippen molar-refractivity contribution in [3.05, 3.63) is 23.8 Å². The molecule has 1 aromatic carbocycles. The average molecular weight is 372 g/mol. The molecule has 2 rings (SSSR count). The molecule has 1 N–H and O–H groups in total. The second-order valence-electron chi connectivity index (χ2n) is 6.48. The Balaban J connectivity index is 1.97. The van der Waals surface area contributed by atoms with Crippen LogP contribution in [0.15, 0.2) is 18.2 Å². The van der Waals surface area contributed by atoms with Gasteiger partial charge in [-0.15, -0.1) is 0 Å². The zero-order chi connectivity index (χ0) is 19.3. The van der Waals surface area contributed by atoms with Crippen molar-refractivity contribution in [1.82, 2.24) is 4.90 Å². The van der Waals surface area contributed by atoms with Crippen molar-refractivity contribution in [3.8, 4) is 5.75 Å². The van der Waals surface area contributed by atoms with Gasteiger partial charge in [0.25, 0.3) is 0 Å². The van der Waals surface area contributed by atoms with Gasteiger partial charge in [0.1, 0.15) is 5.75 Å². The van der Waals surface area contributed by atoms with Crippen LogP contribution in [0.5, 0.6) is 5.75 Å². The standard InChI is InChI=1S/C18H23F3N2O3/c1-12(23-9-4-3-8-17(23)25)10-16(24)22-14-6-5-7-15(13(14)2)26-11-18(19,20)21/h5-7,12H,3-4,8-11H2,1-2H3,(H,22,24). The van der Waals surface area contributed by atoms with Crippen molar-refractivity contribution in [3.63, 3.8) is 0 Å². The smallest absolute Gasteiger partial charge is 0.422 e. The molecule has 0 radical (unpaired) electrons. The van der Waals surface area contributed by atoms with Gasteiger partial charge in [0.05, 0.1) is 0 Å². The molecular formula is C18H23F3N2O3. The molecule has 0 spiro atoms. The summed E-state index contributed by atoms with van der Waals surface area (Å²) in [6.07, 6.45) is -2.00. The topological polar surface area (TPSA) is 58.6 Å². The number of carbonyl (C=O) groups is 2. The van der Waals surface area contributed by atoms with Gasteiger partial charge in [0.15, 0.2) is 6.61 Å². The minimum atomic E-state index is -4.43. The van der Waals surface area contributed by atoms with Crippen molar-refractivity contribution in [1.29, 1.82) is 0 Å². The van der Waals surface area contributed by atoms with Gasteiger partial charge in [0, 0.05) is 36.7 Å². The molecule has 1 fully saturated rings. The van der Waals surface area contributed by atoms with Gasteiger partial charge in [-0.1, -0.05) is 6.07 Å². The van der Waals surface area contributed by atoms with Crippen molar-refractivity contribution in [2.45, 2.75) is 51.7 Å². The summed E-state index contributed by atoms with van der Waals surface area (Å²) in [5, 5.41) is 2.69. The summed E-state index contributed by atoms with van der Waals surface area (Å²) in [4.78, 5) is 25.9. The van der Waals surface area contributed by atoms with Crippen LogP contribution in [-0.4, -0.2) is 42.1 Å². The number of hydrogen-bond donors (Lipinski definition) is 1. The van der Waals surface area contributed by atoms with Gasteiger partial charge in [-0.25, -0.2) is 0 Å². The summed E-state index contributed by atoms with van der Waals surface area (Å²) in [6, 6.07) is 4.31. The molecule has 1 atom stereocenters. The summed E-state index contributed by atoms with van der Waals surface area (Å²) in [5.41, 5.74) is 0.818. The molecule has 1 aromatic rings. The Morgan fingerprint density at radius 3 is 2.73 bits per heavy atom. The van der Waals surface area contributed by atoms with E-state index in [0.29, 0.717) is 24.2 Å². The average Bonchev–Trinajstić information content (AvgIpc) is 2.55. The minimum Gasteiger partial charge on any atom is -0.484 e. The molecule has 0 aromatic heterocycles. The molecule has 144 valence electrons. The van der Waals surface area contributed by atoms with Crippen molar-refractivity contribution < 1.29 is 27.5 Å². The van der Waals surface area contributed by atoms with Gasteiger partial charge in [-0.2, -0.15) is 13.2 Å². The van der Waals surface area contributed by atoms with Crippen LogP contribution >= 0.6 is 0 Å². The molecule has 0 saturated carbocycles. The first-order valence-electron chi connectivity index (χ1n) is 8.56. The summed E-state index contributed by atoms with van der Waals surface area (Å²) in [5.74, 6) is -0.179. The lowest BCUT2D eigenvalue weighted by Crippen LogP contribution is -2.43. The Morgan fingerprint density at radius 1 is 1.35 bits per heavy atom. The SMILES string of the molecule is Cc1c(NC(=O)CC(C)N2CCCCC2=O)cccc1OCC(F)(F)F. The van der Waals surface area contributed by atoms with E-state index in [4.69, 9.17) is 4.74 Å². The van der Waals surface area contributed by atoms with Crippen LogP contribution in [0, 0.1) is 6.92 Å². The van der Waals surface area contributed by atoms with Gasteiger partial charge in [0.2, 0.25) is 11.8 Å². The van der Waals surface area contributed by atoms with Gasteiger partial charge in [-0.05, 0) is 38.8 Å². The molecule has 26 heavy (non-hydrogen) atoms. The zero-order valence-corrected chi connectivity index (χ0v) is 14.9. The quantitative estimate of drug-likeness (QED) is 0.829. The van der Waals surface area contributed by atoms with E-state index in [9.17, 15) is 22.8 Å². The largest absolute Gasteiger partial charge is 0.484 e. The number of anilines is 1. The zero-order valence-electron chi connectivity index (χ0n) is 14.9. The number of piperidine rings is 1. The van der Waals surface area contributed by atoms with Crippen LogP contribution in [0.1, 0.15) is 38.2 Å². The molecular weight excluding hydrogens is 349 g/mol. The summed E-state index contributed by atoms with van der Waals surface area (Å²) in [7, 11) is 0. The Bertz CT molecular complexity index is 662. The lowest BCUT2D eigenvalue weighted by atomic mass is 10.1. The highest BCUT2D eigenvalue weighted by Crippen LogP contribution is 2.27. The molecule has 1 heterocycles. The van der Waals surface area contributed by atoms with Crippen LogP contribution in [0.2, 0.25) is 0 Å². The van der Waals surface area contributed by atoms with Crippen molar-refractivity contribution in [2.24, 2.45) is 0 Å². The van der Waals surface area contributed by atoms with E-state index in [-0.39, 0.29) is 30.0 Å². The minimum absolute atomic E-state index is 0.0512. The maximum atomic E-state index is 12.3. The van der Waals surface area contributed by atoms with Gasteiger partial charge >= 0.3 is 6.18 Å². The molecule has 8 heteroatoms. The first-order chi connectivity index (χ1) is 12.2.